The van der Waals surface area contributed by atoms with Crippen molar-refractivity contribution in [3.63, 3.8) is 0 Å². The third-order valence-electron chi connectivity index (χ3n) is 5.42. The lowest BCUT2D eigenvalue weighted by Crippen LogP contribution is -2.56. The summed E-state index contributed by atoms with van der Waals surface area (Å²) in [7, 11) is 0. The molecule has 1 N–H and O–H groups in total. The smallest absolute Gasteiger partial charge is 0.336 e. The van der Waals surface area contributed by atoms with Gasteiger partial charge in [-0.1, -0.05) is 59.6 Å². The minimum absolute atomic E-state index is 0.0730. The van der Waals surface area contributed by atoms with E-state index in [4.69, 9.17) is 23.2 Å². The highest BCUT2D eigenvalue weighted by Crippen LogP contribution is 2.39. The fourth-order valence-electron chi connectivity index (χ4n) is 3.87. The second-order valence-electron chi connectivity index (χ2n) is 7.95. The van der Waals surface area contributed by atoms with Crippen molar-refractivity contribution in [1.29, 1.82) is 0 Å². The van der Waals surface area contributed by atoms with Crippen molar-refractivity contribution in [2.75, 3.05) is 16.3 Å². The van der Waals surface area contributed by atoms with Gasteiger partial charge in [-0.05, 0) is 42.0 Å². The summed E-state index contributed by atoms with van der Waals surface area (Å²) in [6, 6.07) is 16.4. The van der Waals surface area contributed by atoms with Crippen molar-refractivity contribution in [2.45, 2.75) is 18.6 Å². The Labute approximate surface area is 214 Å². The Morgan fingerprint density at radius 2 is 1.53 bits per heavy atom. The third-order valence-corrected chi connectivity index (χ3v) is 6.00. The minimum atomic E-state index is -4.76. The van der Waals surface area contributed by atoms with Crippen LogP contribution in [0.4, 0.5) is 30.2 Å². The van der Waals surface area contributed by atoms with Gasteiger partial charge >= 0.3 is 6.18 Å². The Balaban J connectivity index is 1.76. The zero-order chi connectivity index (χ0) is 26.0. The van der Waals surface area contributed by atoms with Gasteiger partial charge in [-0.2, -0.15) is 13.2 Å². The number of rotatable bonds is 5. The molecule has 0 saturated heterocycles. The van der Waals surface area contributed by atoms with Crippen LogP contribution in [-0.4, -0.2) is 36.5 Å². The van der Waals surface area contributed by atoms with Crippen molar-refractivity contribution < 1.29 is 27.6 Å². The highest BCUT2D eigenvalue weighted by Gasteiger charge is 2.45. The number of nitrogens with one attached hydrogen (secondary N) is 1. The lowest BCUT2D eigenvalue weighted by molar-refractivity contribution is -0.138. The SMILES string of the molecule is O=C(Cc1ccc(Cl)cc1Cl)NC1C(=O)N(CC(F)(F)F)c2ccccc2N(c2ccccc2)C1=O. The van der Waals surface area contributed by atoms with Crippen LogP contribution in [0.25, 0.3) is 0 Å². The van der Waals surface area contributed by atoms with Crippen molar-refractivity contribution in [3.8, 4) is 0 Å². The van der Waals surface area contributed by atoms with E-state index in [2.05, 4.69) is 5.32 Å². The van der Waals surface area contributed by atoms with Gasteiger partial charge in [0.2, 0.25) is 5.91 Å². The van der Waals surface area contributed by atoms with Crippen LogP contribution in [-0.2, 0) is 20.8 Å². The zero-order valence-corrected chi connectivity index (χ0v) is 19.9. The number of amides is 3. The topological polar surface area (TPSA) is 69.7 Å². The Hall–Kier alpha value is -3.56. The fourth-order valence-corrected chi connectivity index (χ4v) is 4.34. The molecular formula is C25H18Cl2F3N3O3. The molecule has 3 aromatic rings. The second kappa shape index (κ2) is 10.2. The highest BCUT2D eigenvalue weighted by molar-refractivity contribution is 6.35. The molecule has 36 heavy (non-hydrogen) atoms. The molecule has 0 radical (unpaired) electrons. The molecule has 0 aliphatic carbocycles. The van der Waals surface area contributed by atoms with Crippen LogP contribution in [0.1, 0.15) is 5.56 Å². The zero-order valence-electron chi connectivity index (χ0n) is 18.4. The Morgan fingerprint density at radius 3 is 2.17 bits per heavy atom. The fraction of sp³-hybridized carbons (Fsp3) is 0.160. The second-order valence-corrected chi connectivity index (χ2v) is 8.79. The van der Waals surface area contributed by atoms with E-state index in [9.17, 15) is 27.6 Å². The van der Waals surface area contributed by atoms with E-state index >= 15 is 0 Å². The summed E-state index contributed by atoms with van der Waals surface area (Å²) in [5.41, 5.74) is 0.636. The molecule has 1 aliphatic rings. The van der Waals surface area contributed by atoms with Crippen molar-refractivity contribution in [2.24, 2.45) is 0 Å². The molecule has 6 nitrogen and oxygen atoms in total. The Kier molecular flexibility index (Phi) is 7.23. The summed E-state index contributed by atoms with van der Waals surface area (Å²) in [5.74, 6) is -2.89. The average molecular weight is 536 g/mol. The molecule has 0 saturated carbocycles. The van der Waals surface area contributed by atoms with Gasteiger partial charge in [0.1, 0.15) is 6.54 Å². The minimum Gasteiger partial charge on any atom is -0.336 e. The first kappa shape index (κ1) is 25.5. The summed E-state index contributed by atoms with van der Waals surface area (Å²) < 4.78 is 40.5. The van der Waals surface area contributed by atoms with Crippen LogP contribution >= 0.6 is 23.2 Å². The average Bonchev–Trinajstić information content (AvgIpc) is 2.90. The predicted octanol–water partition coefficient (Wildman–Crippen LogP) is 5.29. The molecule has 3 aromatic carbocycles. The third kappa shape index (κ3) is 5.47. The standard InChI is InChI=1S/C25H18Cl2F3N3O3/c26-16-11-10-15(18(27)13-16)12-21(34)31-22-23(35)32(14-25(28,29)30)19-8-4-5-9-20(19)33(24(22)36)17-6-2-1-3-7-17/h1-11,13,22H,12,14H2,(H,31,34). The van der Waals surface area contributed by atoms with Gasteiger partial charge in [-0.3, -0.25) is 24.2 Å². The van der Waals surface area contributed by atoms with Crippen molar-refractivity contribution in [3.05, 3.63) is 88.4 Å². The van der Waals surface area contributed by atoms with E-state index in [0.717, 1.165) is 4.90 Å². The number of alkyl halides is 3. The number of halogens is 5. The van der Waals surface area contributed by atoms with Crippen molar-refractivity contribution >= 4 is 58.0 Å². The predicted molar refractivity (Wildman–Crippen MR) is 131 cm³/mol. The molecule has 0 spiro atoms. The summed E-state index contributed by atoms with van der Waals surface area (Å²) in [4.78, 5) is 41.5. The van der Waals surface area contributed by atoms with Crippen molar-refractivity contribution in [1.82, 2.24) is 5.32 Å². The van der Waals surface area contributed by atoms with Gasteiger partial charge in [0.05, 0.1) is 17.8 Å². The van der Waals surface area contributed by atoms with Gasteiger partial charge in [0.25, 0.3) is 11.8 Å². The number of carbonyl (C=O) groups is 3. The molecule has 0 fully saturated rings. The van der Waals surface area contributed by atoms with E-state index in [0.29, 0.717) is 21.2 Å². The molecule has 1 atom stereocenters. The number of benzene rings is 3. The normalized spacial score (nSPS) is 16.0. The van der Waals surface area contributed by atoms with E-state index < -0.39 is 36.5 Å². The van der Waals surface area contributed by atoms with E-state index in [1.165, 1.54) is 36.4 Å². The molecule has 11 heteroatoms. The molecule has 0 aromatic heterocycles. The van der Waals surface area contributed by atoms with E-state index in [1.54, 1.807) is 36.4 Å². The summed E-state index contributed by atoms with van der Waals surface area (Å²) in [5, 5.41) is 2.85. The number of para-hydroxylation sites is 3. The summed E-state index contributed by atoms with van der Waals surface area (Å²) in [6.07, 6.45) is -5.09. The molecule has 1 aliphatic heterocycles. The van der Waals surface area contributed by atoms with Crippen LogP contribution < -0.4 is 15.1 Å². The maximum absolute atomic E-state index is 13.7. The van der Waals surface area contributed by atoms with Crippen LogP contribution in [0.3, 0.4) is 0 Å². The molecule has 4 rings (SSSR count). The first-order valence-corrected chi connectivity index (χ1v) is 11.4. The van der Waals surface area contributed by atoms with Crippen LogP contribution in [0, 0.1) is 0 Å². The van der Waals surface area contributed by atoms with Gasteiger partial charge in [0.15, 0.2) is 6.04 Å². The first-order valence-electron chi connectivity index (χ1n) is 10.6. The number of carbonyl (C=O) groups excluding carboxylic acids is 3. The molecule has 186 valence electrons. The Bertz CT molecular complexity index is 1320. The quantitative estimate of drug-likeness (QED) is 0.451. The number of fused-ring (bicyclic) bond motifs is 1. The monoisotopic (exact) mass is 535 g/mol. The molecular weight excluding hydrogens is 518 g/mol. The van der Waals surface area contributed by atoms with Gasteiger partial charge in [0, 0.05) is 15.7 Å². The van der Waals surface area contributed by atoms with Gasteiger partial charge in [-0.25, -0.2) is 0 Å². The largest absolute Gasteiger partial charge is 0.406 e. The van der Waals surface area contributed by atoms with Crippen LogP contribution in [0.15, 0.2) is 72.8 Å². The summed E-state index contributed by atoms with van der Waals surface area (Å²) in [6.45, 7) is -1.64. The summed E-state index contributed by atoms with van der Waals surface area (Å²) >= 11 is 12.0. The molecule has 3 amide bonds. The molecule has 0 bridgehead atoms. The lowest BCUT2D eigenvalue weighted by atomic mass is 10.1. The number of hydrogen-bond acceptors (Lipinski definition) is 3. The number of anilines is 3. The van der Waals surface area contributed by atoms with E-state index in [-0.39, 0.29) is 22.8 Å². The molecule has 1 unspecified atom stereocenters. The Morgan fingerprint density at radius 1 is 0.889 bits per heavy atom. The van der Waals surface area contributed by atoms with E-state index in [1.807, 2.05) is 0 Å². The van der Waals surface area contributed by atoms with Crippen LogP contribution in [0.5, 0.6) is 0 Å². The number of hydrogen-bond donors (Lipinski definition) is 1. The molecule has 1 heterocycles. The maximum Gasteiger partial charge on any atom is 0.406 e. The highest BCUT2D eigenvalue weighted by atomic mass is 35.5. The maximum atomic E-state index is 13.7. The lowest BCUT2D eigenvalue weighted by Gasteiger charge is -2.26. The van der Waals surface area contributed by atoms with Gasteiger partial charge < -0.3 is 5.32 Å². The van der Waals surface area contributed by atoms with Crippen LogP contribution in [0.2, 0.25) is 10.0 Å². The number of nitrogens with zero attached hydrogens (tertiary/aromatic N) is 2. The first-order chi connectivity index (χ1) is 17.0. The van der Waals surface area contributed by atoms with Gasteiger partial charge in [-0.15, -0.1) is 0 Å².